The van der Waals surface area contributed by atoms with E-state index >= 15 is 0 Å². The van der Waals surface area contributed by atoms with Crippen LogP contribution in [-0.4, -0.2) is 47.4 Å². The zero-order chi connectivity index (χ0) is 15.5. The normalized spacial score (nSPS) is 19.2. The van der Waals surface area contributed by atoms with Crippen molar-refractivity contribution in [2.45, 2.75) is 6.04 Å². The third-order valence-electron chi connectivity index (χ3n) is 4.13. The summed E-state index contributed by atoms with van der Waals surface area (Å²) in [5, 5.41) is 0. The lowest BCUT2D eigenvalue weighted by Gasteiger charge is -2.39. The molecule has 2 heterocycles. The lowest BCUT2D eigenvalue weighted by atomic mass is 10.0. The van der Waals surface area contributed by atoms with Crippen LogP contribution in [0.5, 0.6) is 0 Å². The molecule has 4 nitrogen and oxygen atoms in total. The summed E-state index contributed by atoms with van der Waals surface area (Å²) >= 11 is 0. The highest BCUT2D eigenvalue weighted by molar-refractivity contribution is 5.94. The first kappa shape index (κ1) is 14.7. The summed E-state index contributed by atoms with van der Waals surface area (Å²) in [6.45, 7) is 1.84. The first-order chi connectivity index (χ1) is 10.7. The van der Waals surface area contributed by atoms with E-state index in [1.54, 1.807) is 41.6 Å². The summed E-state index contributed by atoms with van der Waals surface area (Å²) in [7, 11) is 1.96. The Kier molecular flexibility index (Phi) is 4.15. The number of rotatable bonds is 2. The predicted molar refractivity (Wildman–Crippen MR) is 81.9 cm³/mol. The van der Waals surface area contributed by atoms with Gasteiger partial charge in [-0.25, -0.2) is 4.39 Å². The molecule has 3 rings (SSSR count). The summed E-state index contributed by atoms with van der Waals surface area (Å²) in [4.78, 5) is 20.4. The summed E-state index contributed by atoms with van der Waals surface area (Å²) in [6.07, 6.45) is 3.22. The van der Waals surface area contributed by atoms with Crippen LogP contribution in [-0.2, 0) is 0 Å². The Morgan fingerprint density at radius 3 is 2.64 bits per heavy atom. The Morgan fingerprint density at radius 2 is 1.91 bits per heavy atom. The third kappa shape index (κ3) is 2.85. The molecule has 0 spiro atoms. The molecule has 0 saturated carbocycles. The fraction of sp³-hybridized carbons (Fsp3) is 0.294. The van der Waals surface area contributed by atoms with Gasteiger partial charge in [0, 0.05) is 43.2 Å². The molecule has 2 aromatic rings. The fourth-order valence-electron chi connectivity index (χ4n) is 2.82. The molecule has 5 heteroatoms. The molecule has 114 valence electrons. The van der Waals surface area contributed by atoms with Gasteiger partial charge in [0.15, 0.2) is 0 Å². The lowest BCUT2D eigenvalue weighted by Crippen LogP contribution is -2.49. The van der Waals surface area contributed by atoms with Crippen molar-refractivity contribution in [3.63, 3.8) is 0 Å². The van der Waals surface area contributed by atoms with Crippen LogP contribution in [0, 0.1) is 5.82 Å². The minimum atomic E-state index is -0.224. The summed E-state index contributed by atoms with van der Waals surface area (Å²) in [6, 6.07) is 10.1. The minimum absolute atomic E-state index is 0.0307. The Morgan fingerprint density at radius 1 is 1.18 bits per heavy atom. The number of aromatic nitrogens is 1. The van der Waals surface area contributed by atoms with E-state index in [0.29, 0.717) is 24.2 Å². The Hall–Kier alpha value is -2.27. The van der Waals surface area contributed by atoms with E-state index in [2.05, 4.69) is 9.88 Å². The maximum absolute atomic E-state index is 14.1. The summed E-state index contributed by atoms with van der Waals surface area (Å²) in [5.41, 5.74) is 1.25. The van der Waals surface area contributed by atoms with Crippen LogP contribution in [0.15, 0.2) is 48.8 Å². The van der Waals surface area contributed by atoms with Gasteiger partial charge in [0.2, 0.25) is 0 Å². The summed E-state index contributed by atoms with van der Waals surface area (Å²) < 4.78 is 14.1. The van der Waals surface area contributed by atoms with Gasteiger partial charge in [-0.3, -0.25) is 14.7 Å². The van der Waals surface area contributed by atoms with E-state index in [4.69, 9.17) is 0 Å². The van der Waals surface area contributed by atoms with E-state index in [1.807, 2.05) is 13.1 Å². The van der Waals surface area contributed by atoms with E-state index in [9.17, 15) is 9.18 Å². The zero-order valence-electron chi connectivity index (χ0n) is 12.4. The van der Waals surface area contributed by atoms with Gasteiger partial charge in [-0.1, -0.05) is 18.2 Å². The first-order valence-electron chi connectivity index (χ1n) is 7.31. The van der Waals surface area contributed by atoms with Gasteiger partial charge >= 0.3 is 0 Å². The largest absolute Gasteiger partial charge is 0.335 e. The second-order valence-corrected chi connectivity index (χ2v) is 5.50. The Labute approximate surface area is 129 Å². The van der Waals surface area contributed by atoms with E-state index in [-0.39, 0.29) is 17.8 Å². The number of hydrogen-bond donors (Lipinski definition) is 0. The van der Waals surface area contributed by atoms with Gasteiger partial charge in [0.05, 0.1) is 6.04 Å². The second-order valence-electron chi connectivity index (χ2n) is 5.50. The van der Waals surface area contributed by atoms with Crippen molar-refractivity contribution in [2.75, 3.05) is 26.7 Å². The van der Waals surface area contributed by atoms with Crippen LogP contribution in [0.2, 0.25) is 0 Å². The van der Waals surface area contributed by atoms with Crippen molar-refractivity contribution in [3.8, 4) is 0 Å². The molecule has 1 fully saturated rings. The van der Waals surface area contributed by atoms with Crippen LogP contribution >= 0.6 is 0 Å². The number of pyridine rings is 1. The van der Waals surface area contributed by atoms with E-state index < -0.39 is 0 Å². The molecule has 1 aromatic carbocycles. The van der Waals surface area contributed by atoms with Crippen molar-refractivity contribution < 1.29 is 9.18 Å². The van der Waals surface area contributed by atoms with E-state index in [1.165, 1.54) is 6.07 Å². The summed E-state index contributed by atoms with van der Waals surface area (Å²) in [5.74, 6) is -0.255. The molecular formula is C17H18FN3O. The quantitative estimate of drug-likeness (QED) is 0.854. The molecule has 1 aromatic heterocycles. The molecule has 0 N–H and O–H groups in total. The fourth-order valence-corrected chi connectivity index (χ4v) is 2.82. The zero-order valence-corrected chi connectivity index (χ0v) is 12.4. The molecule has 1 atom stereocenters. The van der Waals surface area contributed by atoms with Crippen molar-refractivity contribution >= 4 is 5.91 Å². The van der Waals surface area contributed by atoms with Crippen molar-refractivity contribution in [1.29, 1.82) is 0 Å². The number of halogens is 1. The monoisotopic (exact) mass is 299 g/mol. The topological polar surface area (TPSA) is 36.4 Å². The molecule has 22 heavy (non-hydrogen) atoms. The first-order valence-corrected chi connectivity index (χ1v) is 7.31. The smallest absolute Gasteiger partial charge is 0.254 e. The highest BCUT2D eigenvalue weighted by Gasteiger charge is 2.30. The highest BCUT2D eigenvalue weighted by atomic mass is 19.1. The van der Waals surface area contributed by atoms with Crippen molar-refractivity contribution in [1.82, 2.24) is 14.8 Å². The molecule has 0 bridgehead atoms. The molecule has 0 aliphatic carbocycles. The predicted octanol–water partition coefficient (Wildman–Crippen LogP) is 2.35. The van der Waals surface area contributed by atoms with Gasteiger partial charge in [-0.05, 0) is 25.2 Å². The Bertz CT molecular complexity index is 662. The maximum Gasteiger partial charge on any atom is 0.254 e. The van der Waals surface area contributed by atoms with Crippen LogP contribution in [0.1, 0.15) is 22.0 Å². The van der Waals surface area contributed by atoms with E-state index in [0.717, 1.165) is 6.54 Å². The molecular weight excluding hydrogens is 281 g/mol. The third-order valence-corrected chi connectivity index (χ3v) is 4.13. The van der Waals surface area contributed by atoms with Crippen LogP contribution in [0.25, 0.3) is 0 Å². The standard InChI is InChI=1S/C17H18FN3O/c1-20-10-11-21(17(22)13-6-8-19-9-7-13)12-16(20)14-4-2-3-5-15(14)18/h2-9,16H,10-12H2,1H3. The molecule has 1 amide bonds. The van der Waals surface area contributed by atoms with Gasteiger partial charge < -0.3 is 4.90 Å². The molecule has 1 saturated heterocycles. The Balaban J connectivity index is 1.82. The molecule has 1 aliphatic heterocycles. The SMILES string of the molecule is CN1CCN(C(=O)c2ccncc2)CC1c1ccccc1F. The number of carbonyl (C=O) groups is 1. The maximum atomic E-state index is 14.1. The number of carbonyl (C=O) groups excluding carboxylic acids is 1. The highest BCUT2D eigenvalue weighted by Crippen LogP contribution is 2.26. The lowest BCUT2D eigenvalue weighted by molar-refractivity contribution is 0.0540. The van der Waals surface area contributed by atoms with Gasteiger partial charge in [-0.2, -0.15) is 0 Å². The number of benzene rings is 1. The number of amides is 1. The van der Waals surface area contributed by atoms with Gasteiger partial charge in [0.25, 0.3) is 5.91 Å². The van der Waals surface area contributed by atoms with Crippen LogP contribution in [0.4, 0.5) is 4.39 Å². The van der Waals surface area contributed by atoms with Crippen LogP contribution in [0.3, 0.4) is 0 Å². The molecule has 0 radical (unpaired) electrons. The second kappa shape index (κ2) is 6.23. The average Bonchev–Trinajstić information content (AvgIpc) is 2.56. The van der Waals surface area contributed by atoms with Crippen LogP contribution < -0.4 is 0 Å². The van der Waals surface area contributed by atoms with Crippen molar-refractivity contribution in [3.05, 3.63) is 65.7 Å². The molecule has 1 unspecified atom stereocenters. The molecule has 1 aliphatic rings. The average molecular weight is 299 g/mol. The minimum Gasteiger partial charge on any atom is -0.335 e. The van der Waals surface area contributed by atoms with Gasteiger partial charge in [-0.15, -0.1) is 0 Å². The number of hydrogen-bond acceptors (Lipinski definition) is 3. The van der Waals surface area contributed by atoms with Crippen molar-refractivity contribution in [2.24, 2.45) is 0 Å². The number of piperazine rings is 1. The number of nitrogens with zero attached hydrogens (tertiary/aromatic N) is 3. The number of likely N-dealkylation sites (N-methyl/N-ethyl adjacent to an activating group) is 1. The van der Waals surface area contributed by atoms with Gasteiger partial charge in [0.1, 0.15) is 5.82 Å².